The van der Waals surface area contributed by atoms with E-state index < -0.39 is 5.97 Å². The van der Waals surface area contributed by atoms with Crippen molar-refractivity contribution in [2.75, 3.05) is 32.1 Å². The van der Waals surface area contributed by atoms with Crippen LogP contribution in [-0.2, 0) is 20.9 Å². The number of carbonyl (C=O) groups is 3. The van der Waals surface area contributed by atoms with E-state index in [1.165, 1.54) is 18.4 Å². The number of esters is 1. The van der Waals surface area contributed by atoms with Gasteiger partial charge in [0.1, 0.15) is 17.2 Å². The molecule has 2 amide bonds. The van der Waals surface area contributed by atoms with Crippen LogP contribution < -0.4 is 10.1 Å². The van der Waals surface area contributed by atoms with Crippen LogP contribution in [0.3, 0.4) is 0 Å². The normalized spacial score (nSPS) is 13.3. The third-order valence-electron chi connectivity index (χ3n) is 6.90. The van der Waals surface area contributed by atoms with Crippen LogP contribution in [0.1, 0.15) is 39.0 Å². The molecule has 0 radical (unpaired) electrons. The van der Waals surface area contributed by atoms with Gasteiger partial charge in [-0.05, 0) is 42.7 Å². The predicted octanol–water partition coefficient (Wildman–Crippen LogP) is 6.13. The van der Waals surface area contributed by atoms with Crippen molar-refractivity contribution in [1.82, 2.24) is 9.88 Å². The standard InChI is InChI=1S/C32H31N3O6S/c1-39-27(36)21-40-26-14-12-25(13-15-26)33-30(37)29-28(23-10-6-3-7-11-23)34-31(42-29)24-16-18-35(19-17-24)32(38)41-20-22-8-4-2-5-9-22/h2-15,24H,16-21H2,1H3,(H,33,37). The van der Waals surface area contributed by atoms with Gasteiger partial charge in [0.25, 0.3) is 5.91 Å². The Bertz CT molecular complexity index is 1500. The monoisotopic (exact) mass is 585 g/mol. The van der Waals surface area contributed by atoms with Gasteiger partial charge in [-0.25, -0.2) is 14.6 Å². The Morgan fingerprint density at radius 1 is 0.929 bits per heavy atom. The Morgan fingerprint density at radius 3 is 2.26 bits per heavy atom. The average Bonchev–Trinajstić information content (AvgIpc) is 3.50. The highest BCUT2D eigenvalue weighted by atomic mass is 32.1. The molecule has 5 rings (SSSR count). The maximum atomic E-state index is 13.5. The molecule has 1 saturated heterocycles. The Labute approximate surface area is 248 Å². The molecule has 0 saturated carbocycles. The zero-order chi connectivity index (χ0) is 29.3. The average molecular weight is 586 g/mol. The number of benzene rings is 3. The smallest absolute Gasteiger partial charge is 0.410 e. The number of hydrogen-bond donors (Lipinski definition) is 1. The van der Waals surface area contributed by atoms with E-state index in [4.69, 9.17) is 14.5 Å². The van der Waals surface area contributed by atoms with Crippen molar-refractivity contribution in [3.8, 4) is 17.0 Å². The highest BCUT2D eigenvalue weighted by Crippen LogP contribution is 2.37. The van der Waals surface area contributed by atoms with Gasteiger partial charge in [0, 0.05) is 30.3 Å². The molecule has 0 bridgehead atoms. The fourth-order valence-corrected chi connectivity index (χ4v) is 5.75. The van der Waals surface area contributed by atoms with Crippen molar-refractivity contribution in [3.05, 3.63) is 100 Å². The van der Waals surface area contributed by atoms with Gasteiger partial charge >= 0.3 is 12.1 Å². The molecule has 10 heteroatoms. The summed E-state index contributed by atoms with van der Waals surface area (Å²) in [7, 11) is 1.30. The van der Waals surface area contributed by atoms with Crippen molar-refractivity contribution < 1.29 is 28.6 Å². The molecule has 1 aliphatic rings. The molecule has 0 aliphatic carbocycles. The molecular weight excluding hydrogens is 554 g/mol. The number of likely N-dealkylation sites (tertiary alicyclic amines) is 1. The number of piperidine rings is 1. The lowest BCUT2D eigenvalue weighted by Crippen LogP contribution is -2.38. The van der Waals surface area contributed by atoms with E-state index in [-0.39, 0.29) is 31.1 Å². The molecule has 42 heavy (non-hydrogen) atoms. The number of ether oxygens (including phenoxy) is 3. The summed E-state index contributed by atoms with van der Waals surface area (Å²) >= 11 is 1.39. The van der Waals surface area contributed by atoms with Gasteiger partial charge < -0.3 is 24.4 Å². The van der Waals surface area contributed by atoms with Gasteiger partial charge in [-0.1, -0.05) is 60.7 Å². The summed E-state index contributed by atoms with van der Waals surface area (Å²) in [6, 6.07) is 26.0. The molecule has 9 nitrogen and oxygen atoms in total. The fourth-order valence-electron chi connectivity index (χ4n) is 4.60. The van der Waals surface area contributed by atoms with Gasteiger partial charge in [-0.15, -0.1) is 11.3 Å². The molecule has 0 spiro atoms. The fraction of sp³-hybridized carbons (Fsp3) is 0.250. The second-order valence-electron chi connectivity index (χ2n) is 9.74. The third-order valence-corrected chi connectivity index (χ3v) is 8.12. The molecule has 216 valence electrons. The number of methoxy groups -OCH3 is 1. The molecule has 1 aliphatic heterocycles. The first kappa shape index (κ1) is 28.8. The summed E-state index contributed by atoms with van der Waals surface area (Å²) in [4.78, 5) is 44.6. The lowest BCUT2D eigenvalue weighted by molar-refractivity contribution is -0.142. The number of carbonyl (C=O) groups excluding carboxylic acids is 3. The van der Waals surface area contributed by atoms with Crippen LogP contribution in [-0.4, -0.2) is 54.7 Å². The van der Waals surface area contributed by atoms with Crippen LogP contribution in [0, 0.1) is 0 Å². The van der Waals surface area contributed by atoms with Crippen LogP contribution in [0.5, 0.6) is 5.75 Å². The molecule has 1 fully saturated rings. The van der Waals surface area contributed by atoms with E-state index in [0.29, 0.717) is 35.1 Å². The van der Waals surface area contributed by atoms with E-state index in [0.717, 1.165) is 29.0 Å². The summed E-state index contributed by atoms with van der Waals surface area (Å²) in [6.45, 7) is 1.17. The van der Waals surface area contributed by atoms with Crippen molar-refractivity contribution in [2.45, 2.75) is 25.4 Å². The van der Waals surface area contributed by atoms with Crippen molar-refractivity contribution in [1.29, 1.82) is 0 Å². The summed E-state index contributed by atoms with van der Waals surface area (Å²) in [5, 5.41) is 3.83. The molecule has 1 N–H and O–H groups in total. The molecule has 3 aromatic carbocycles. The van der Waals surface area contributed by atoms with Gasteiger partial charge in [0.05, 0.1) is 17.8 Å². The van der Waals surface area contributed by atoms with E-state index in [2.05, 4.69) is 10.1 Å². The summed E-state index contributed by atoms with van der Waals surface area (Å²) in [5.74, 6) is -0.125. The van der Waals surface area contributed by atoms with Gasteiger partial charge in [-0.3, -0.25) is 4.79 Å². The largest absolute Gasteiger partial charge is 0.482 e. The third kappa shape index (κ3) is 7.32. The maximum absolute atomic E-state index is 13.5. The lowest BCUT2D eigenvalue weighted by atomic mass is 9.98. The highest BCUT2D eigenvalue weighted by Gasteiger charge is 2.29. The van der Waals surface area contributed by atoms with Crippen molar-refractivity contribution in [2.24, 2.45) is 0 Å². The number of anilines is 1. The minimum atomic E-state index is -0.476. The van der Waals surface area contributed by atoms with Gasteiger partial charge in [0.2, 0.25) is 0 Å². The SMILES string of the molecule is COC(=O)COc1ccc(NC(=O)c2sc(C3CCN(C(=O)OCc4ccccc4)CC3)nc2-c2ccccc2)cc1. The summed E-state index contributed by atoms with van der Waals surface area (Å²) < 4.78 is 15.5. The second kappa shape index (κ2) is 13.8. The lowest BCUT2D eigenvalue weighted by Gasteiger charge is -2.30. The Kier molecular flexibility index (Phi) is 9.45. The summed E-state index contributed by atoms with van der Waals surface area (Å²) in [6.07, 6.45) is 1.15. The topological polar surface area (TPSA) is 107 Å². The van der Waals surface area contributed by atoms with Crippen molar-refractivity contribution in [3.63, 3.8) is 0 Å². The number of aromatic nitrogens is 1. The van der Waals surface area contributed by atoms with Crippen molar-refractivity contribution >= 4 is 35.0 Å². The molecule has 0 atom stereocenters. The van der Waals surface area contributed by atoms with Crippen LogP contribution in [0.25, 0.3) is 11.3 Å². The van der Waals surface area contributed by atoms with E-state index in [1.807, 2.05) is 60.7 Å². The summed E-state index contributed by atoms with van der Waals surface area (Å²) in [5.41, 5.74) is 3.03. The number of thiazole rings is 1. The number of nitrogens with zero attached hydrogens (tertiary/aromatic N) is 2. The van der Waals surface area contributed by atoms with Gasteiger partial charge in [0.15, 0.2) is 6.61 Å². The Balaban J connectivity index is 1.25. The molecule has 0 unspecified atom stereocenters. The number of nitrogens with one attached hydrogen (secondary N) is 1. The van der Waals surface area contributed by atoms with E-state index in [1.54, 1.807) is 29.2 Å². The second-order valence-corrected chi connectivity index (χ2v) is 10.8. The molecule has 4 aromatic rings. The number of amides is 2. The minimum Gasteiger partial charge on any atom is -0.482 e. The highest BCUT2D eigenvalue weighted by molar-refractivity contribution is 7.14. The Morgan fingerprint density at radius 2 is 1.60 bits per heavy atom. The molecule has 1 aromatic heterocycles. The first-order valence-corrected chi connectivity index (χ1v) is 14.4. The van der Waals surface area contributed by atoms with Crippen LogP contribution in [0.15, 0.2) is 84.9 Å². The zero-order valence-corrected chi connectivity index (χ0v) is 24.0. The minimum absolute atomic E-state index is 0.128. The van der Waals surface area contributed by atoms with E-state index >= 15 is 0 Å². The zero-order valence-electron chi connectivity index (χ0n) is 23.2. The first-order valence-electron chi connectivity index (χ1n) is 13.6. The first-order chi connectivity index (χ1) is 20.5. The van der Waals surface area contributed by atoms with Crippen LogP contribution in [0.4, 0.5) is 10.5 Å². The quantitative estimate of drug-likeness (QED) is 0.236. The van der Waals surface area contributed by atoms with Gasteiger partial charge in [-0.2, -0.15) is 0 Å². The predicted molar refractivity (Wildman–Crippen MR) is 160 cm³/mol. The number of rotatable bonds is 9. The molecule has 2 heterocycles. The molecular formula is C32H31N3O6S. The Hall–Kier alpha value is -4.70. The van der Waals surface area contributed by atoms with Crippen LogP contribution in [0.2, 0.25) is 0 Å². The van der Waals surface area contributed by atoms with Crippen LogP contribution >= 0.6 is 11.3 Å². The van der Waals surface area contributed by atoms with E-state index in [9.17, 15) is 14.4 Å². The number of hydrogen-bond acceptors (Lipinski definition) is 8. The maximum Gasteiger partial charge on any atom is 0.410 e.